The fourth-order valence-electron chi connectivity index (χ4n) is 10.1. The minimum Gasteiger partial charge on any atom is -0.394 e. The molecule has 30 atom stereocenters. The number of aliphatic hydroxyl groups excluding tert-OH is 14. The Bertz CT molecular complexity index is 2230. The third-order valence-electron chi connectivity index (χ3n) is 14.2. The molecule has 0 aromatic heterocycles. The second-order valence-corrected chi connectivity index (χ2v) is 21.3. The van der Waals surface area contributed by atoms with Crippen LogP contribution in [0.25, 0.3) is 0 Å². The number of hydrogen-bond acceptors (Lipinski definition) is 32. The van der Waals surface area contributed by atoms with E-state index in [1.54, 1.807) is 0 Å². The maximum Gasteiger partial charge on any atom is 0.397 e. The van der Waals surface area contributed by atoms with Crippen LogP contribution in [0.2, 0.25) is 0 Å². The van der Waals surface area contributed by atoms with Gasteiger partial charge in [-0.1, -0.05) is 0 Å². The maximum absolute atomic E-state index is 13.0. The number of carbonyl (C=O) groups excluding carboxylic acids is 4. The molecular formula is C44H74N4O33S. The molecule has 37 nitrogen and oxygen atoms in total. The summed E-state index contributed by atoms with van der Waals surface area (Å²) < 4.78 is 101. The van der Waals surface area contributed by atoms with Crippen molar-refractivity contribution in [3.05, 3.63) is 0 Å². The molecule has 0 saturated carbocycles. The van der Waals surface area contributed by atoms with Gasteiger partial charge in [-0.25, -0.2) is 4.18 Å². The lowest BCUT2D eigenvalue weighted by Crippen LogP contribution is -2.72. The summed E-state index contributed by atoms with van der Waals surface area (Å²) in [6, 6.07) is -7.02. The molecule has 0 aromatic carbocycles. The van der Waals surface area contributed by atoms with Gasteiger partial charge < -0.3 is 145 Å². The predicted molar refractivity (Wildman–Crippen MR) is 255 cm³/mol. The number of nitrogens with one attached hydrogen (secondary N) is 4. The average molecular weight is 1220 g/mol. The Kier molecular flexibility index (Phi) is 24.0. The molecule has 0 bridgehead atoms. The van der Waals surface area contributed by atoms with Crippen molar-refractivity contribution in [2.75, 3.05) is 33.0 Å². The number of rotatable bonds is 21. The van der Waals surface area contributed by atoms with Gasteiger partial charge >= 0.3 is 10.4 Å². The molecule has 0 unspecified atom stereocenters. The molecule has 0 spiro atoms. The van der Waals surface area contributed by atoms with Crippen molar-refractivity contribution < 1.29 is 160 Å². The van der Waals surface area contributed by atoms with Crippen LogP contribution >= 0.6 is 0 Å². The second kappa shape index (κ2) is 29.0. The van der Waals surface area contributed by atoms with Crippen LogP contribution in [0.15, 0.2) is 0 Å². The second-order valence-electron chi connectivity index (χ2n) is 20.3. The first kappa shape index (κ1) is 67.9. The first-order valence-electron chi connectivity index (χ1n) is 25.6. The Morgan fingerprint density at radius 3 is 1.33 bits per heavy atom. The normalized spacial score (nSPS) is 45.6. The Hall–Kier alpha value is -3.25. The molecule has 82 heavy (non-hydrogen) atoms. The SMILES string of the molecule is CC(=O)N[C@@H]1[C@@H](O[C@@H]2O[C@H](CO)[C@H](O)[C@H](O[C@H]3O[C@H](CO)[C@H](O)[C@H](O[C@H]4O[C@H](CO)[C@@H](O)[C@H](O)[C@H]4NC(C)=O)[C@H]3NC(C)=O)[C@H]2O[C@@H]2O[C@@H](C)[C@@H](O)[C@@H](O)[C@@H]2O)[C@@H](O)[C@@H](CO[C@@H]2O[C@H](COS(=O)(=O)O)[C@@H](O)[C@H](O)[C@H]2NC(C)=O)O[C@@H]1O. The zero-order chi connectivity index (χ0) is 61.0. The minimum absolute atomic E-state index is 0.791. The van der Waals surface area contributed by atoms with Crippen LogP contribution in [0.1, 0.15) is 34.6 Å². The third kappa shape index (κ3) is 16.0. The number of carbonyl (C=O) groups is 4. The van der Waals surface area contributed by atoms with E-state index in [4.69, 9.17) is 56.7 Å². The molecule has 6 aliphatic heterocycles. The van der Waals surface area contributed by atoms with Gasteiger partial charge in [0.25, 0.3) is 0 Å². The van der Waals surface area contributed by atoms with E-state index in [2.05, 4.69) is 25.5 Å². The maximum atomic E-state index is 13.0. The standard InChI is InChI=1S/C44H74N4O33S/c1-11-25(56)33(64)34(65)43(72-11)81-38-37(80-42-24(48-15(5)55)36(28(59)17(7-50)75-42)78-41-22(46-13(3)53)32(63)26(57)16(6-49)74-41)29(60)18(8-51)76-44(38)79-35-23(47-14(4)54)39(66)73-19(30(35)61)9-70-40-21(45-12(2)52)31(62)27(58)20(77-40)10-71-82(67,68)69/h11,16-44,49-51,56-66H,6-10H2,1-5H3,(H,45,52)(H,46,53)(H,47,54)(H,48,55)(H,67,68,69)/t11-,16+,17+,18+,19+,20+,21+,22+,23+,24+,25+,26+,27+,28-,29-,30-,31+,32+,33+,34-,35+,36+,37-,38+,39-,40+,41+,42+,43-,44-/m0/s1. The van der Waals surface area contributed by atoms with E-state index in [9.17, 15) is 99.1 Å². The van der Waals surface area contributed by atoms with Crippen molar-refractivity contribution in [1.82, 2.24) is 21.3 Å². The fourth-order valence-corrected chi connectivity index (χ4v) is 10.4. The highest BCUT2D eigenvalue weighted by atomic mass is 32.3. The zero-order valence-corrected chi connectivity index (χ0v) is 45.1. The quantitative estimate of drug-likeness (QED) is 0.0475. The van der Waals surface area contributed by atoms with Crippen molar-refractivity contribution >= 4 is 34.0 Å². The highest BCUT2D eigenvalue weighted by Gasteiger charge is 2.59. The molecule has 6 aliphatic rings. The Balaban J connectivity index is 1.39. The van der Waals surface area contributed by atoms with Crippen molar-refractivity contribution in [3.63, 3.8) is 0 Å². The van der Waals surface area contributed by atoms with Crippen molar-refractivity contribution in [3.8, 4) is 0 Å². The molecule has 19 N–H and O–H groups in total. The molecule has 6 rings (SSSR count). The van der Waals surface area contributed by atoms with Crippen LogP contribution in [-0.2, 0) is 85.9 Å². The number of amides is 4. The molecule has 474 valence electrons. The highest BCUT2D eigenvalue weighted by Crippen LogP contribution is 2.38. The first-order valence-corrected chi connectivity index (χ1v) is 27.0. The molecule has 0 aliphatic carbocycles. The lowest BCUT2D eigenvalue weighted by Gasteiger charge is -2.52. The van der Waals surface area contributed by atoms with E-state index >= 15 is 0 Å². The van der Waals surface area contributed by atoms with Crippen LogP contribution in [0.5, 0.6) is 0 Å². The van der Waals surface area contributed by atoms with Gasteiger partial charge in [0.15, 0.2) is 37.7 Å². The summed E-state index contributed by atoms with van der Waals surface area (Å²) in [6.45, 7) is 0.0559. The van der Waals surface area contributed by atoms with Crippen LogP contribution in [0.3, 0.4) is 0 Å². The zero-order valence-electron chi connectivity index (χ0n) is 44.3. The monoisotopic (exact) mass is 1220 g/mol. The number of hydrogen-bond donors (Lipinski definition) is 19. The number of ether oxygens (including phenoxy) is 11. The summed E-state index contributed by atoms with van der Waals surface area (Å²) in [5.74, 6) is -3.39. The lowest BCUT2D eigenvalue weighted by atomic mass is 9.93. The van der Waals surface area contributed by atoms with E-state index < -0.39 is 251 Å². The van der Waals surface area contributed by atoms with Gasteiger partial charge in [-0.2, -0.15) is 8.42 Å². The van der Waals surface area contributed by atoms with Crippen molar-refractivity contribution in [2.24, 2.45) is 0 Å². The third-order valence-corrected chi connectivity index (χ3v) is 14.6. The average Bonchev–Trinajstić information content (AvgIpc) is 2.16. The fraction of sp³-hybridized carbons (Fsp3) is 0.909. The molecule has 38 heteroatoms. The van der Waals surface area contributed by atoms with Crippen LogP contribution in [0.4, 0.5) is 0 Å². The predicted octanol–water partition coefficient (Wildman–Crippen LogP) is -12.7. The summed E-state index contributed by atoms with van der Waals surface area (Å²) >= 11 is 0. The van der Waals surface area contributed by atoms with Gasteiger partial charge in [0, 0.05) is 27.7 Å². The highest BCUT2D eigenvalue weighted by molar-refractivity contribution is 7.80. The molecule has 6 fully saturated rings. The van der Waals surface area contributed by atoms with Gasteiger partial charge in [0.1, 0.15) is 140 Å². The van der Waals surface area contributed by atoms with Gasteiger partial charge in [0.2, 0.25) is 23.6 Å². The summed E-state index contributed by atoms with van der Waals surface area (Å²) in [5, 5.41) is 164. The largest absolute Gasteiger partial charge is 0.397 e. The van der Waals surface area contributed by atoms with Crippen molar-refractivity contribution in [1.29, 1.82) is 0 Å². The lowest BCUT2D eigenvalue weighted by molar-refractivity contribution is -0.399. The van der Waals surface area contributed by atoms with Gasteiger partial charge in [-0.05, 0) is 6.92 Å². The Morgan fingerprint density at radius 1 is 0.402 bits per heavy atom. The molecule has 0 aromatic rings. The number of aliphatic hydroxyl groups is 14. The molecule has 6 saturated heterocycles. The van der Waals surface area contributed by atoms with E-state index in [1.165, 1.54) is 6.92 Å². The van der Waals surface area contributed by atoms with E-state index in [0.29, 0.717) is 0 Å². The van der Waals surface area contributed by atoms with Crippen LogP contribution in [0, 0.1) is 0 Å². The minimum atomic E-state index is -5.14. The van der Waals surface area contributed by atoms with Crippen molar-refractivity contribution in [2.45, 2.75) is 219 Å². The van der Waals surface area contributed by atoms with Gasteiger partial charge in [-0.15, -0.1) is 0 Å². The topological polar surface area (TPSA) is 565 Å². The summed E-state index contributed by atoms with van der Waals surface area (Å²) in [5.41, 5.74) is 0. The van der Waals surface area contributed by atoms with Crippen LogP contribution < -0.4 is 21.3 Å². The van der Waals surface area contributed by atoms with E-state index in [0.717, 1.165) is 27.7 Å². The van der Waals surface area contributed by atoms with Gasteiger partial charge in [-0.3, -0.25) is 23.7 Å². The molecule has 6 heterocycles. The smallest absolute Gasteiger partial charge is 0.394 e. The Morgan fingerprint density at radius 2 is 0.793 bits per heavy atom. The van der Waals surface area contributed by atoms with Gasteiger partial charge in [0.05, 0.1) is 39.1 Å². The molecular weight excluding hydrogens is 1140 g/mol. The van der Waals surface area contributed by atoms with E-state index in [1.807, 2.05) is 0 Å². The van der Waals surface area contributed by atoms with E-state index in [-0.39, 0.29) is 0 Å². The first-order chi connectivity index (χ1) is 38.4. The summed E-state index contributed by atoms with van der Waals surface area (Å²) in [7, 11) is -5.14. The summed E-state index contributed by atoms with van der Waals surface area (Å²) in [4.78, 5) is 50.2. The molecule has 0 radical (unpaired) electrons. The van der Waals surface area contributed by atoms with Crippen LogP contribution in [-0.4, -0.2) is 325 Å². The molecule has 4 amide bonds. The summed E-state index contributed by atoms with van der Waals surface area (Å²) in [6.07, 6.45) is -50.9. The Labute approximate surface area is 466 Å².